The first-order valence-electron chi connectivity index (χ1n) is 13.7. The molecule has 2 aromatic heterocycles. The van der Waals surface area contributed by atoms with Crippen LogP contribution in [0.5, 0.6) is 0 Å². The first kappa shape index (κ1) is 26.2. The lowest BCUT2D eigenvalue weighted by Crippen LogP contribution is -2.64. The van der Waals surface area contributed by atoms with Gasteiger partial charge in [0.2, 0.25) is 0 Å². The number of thioether (sulfide) groups is 1. The molecule has 3 aromatic rings. The number of nitrogens with one attached hydrogen (secondary N) is 1. The molecule has 206 valence electrons. The van der Waals surface area contributed by atoms with Gasteiger partial charge in [-0.2, -0.15) is 0 Å². The smallest absolute Gasteiger partial charge is 0.320 e. The number of aliphatic hydroxyl groups is 1. The number of nitrogens with zero attached hydrogens (tertiary/aromatic N) is 6. The van der Waals surface area contributed by atoms with Gasteiger partial charge in [0.1, 0.15) is 11.7 Å². The normalized spacial score (nSPS) is 24.9. The van der Waals surface area contributed by atoms with Crippen molar-refractivity contribution >= 4 is 28.8 Å². The molecule has 39 heavy (non-hydrogen) atoms. The van der Waals surface area contributed by atoms with Gasteiger partial charge in [0.25, 0.3) is 5.56 Å². The minimum Gasteiger partial charge on any atom is -0.387 e. The van der Waals surface area contributed by atoms with E-state index in [0.29, 0.717) is 42.2 Å². The van der Waals surface area contributed by atoms with Crippen molar-refractivity contribution < 1.29 is 9.90 Å². The largest absolute Gasteiger partial charge is 0.387 e. The zero-order chi connectivity index (χ0) is 27.0. The van der Waals surface area contributed by atoms with E-state index in [4.69, 9.17) is 0 Å². The van der Waals surface area contributed by atoms with Gasteiger partial charge >= 0.3 is 6.03 Å². The van der Waals surface area contributed by atoms with E-state index in [-0.39, 0.29) is 24.2 Å². The van der Waals surface area contributed by atoms with Gasteiger partial charge in [0.15, 0.2) is 10.8 Å². The number of hydrogen-bond acceptors (Lipinski definition) is 8. The summed E-state index contributed by atoms with van der Waals surface area (Å²) in [6.45, 7) is 3.20. The van der Waals surface area contributed by atoms with E-state index in [9.17, 15) is 14.7 Å². The molecule has 0 unspecified atom stereocenters. The quantitative estimate of drug-likeness (QED) is 0.377. The number of carbonyl (C=O) groups excluding carboxylic acids is 1. The van der Waals surface area contributed by atoms with Gasteiger partial charge in [0, 0.05) is 44.3 Å². The highest BCUT2D eigenvalue weighted by Crippen LogP contribution is 2.51. The summed E-state index contributed by atoms with van der Waals surface area (Å²) in [5.41, 5.74) is -0.354. The zero-order valence-corrected chi connectivity index (χ0v) is 23.1. The lowest BCUT2D eigenvalue weighted by Gasteiger charge is -2.53. The van der Waals surface area contributed by atoms with Crippen molar-refractivity contribution in [2.75, 3.05) is 39.0 Å². The number of hydrogen-bond donors (Lipinski definition) is 2. The van der Waals surface area contributed by atoms with Crippen LogP contribution in [0.4, 0.5) is 4.79 Å². The second-order valence-electron chi connectivity index (χ2n) is 11.1. The molecule has 1 aliphatic carbocycles. The molecule has 2 aliphatic heterocycles. The Morgan fingerprint density at radius 1 is 1.15 bits per heavy atom. The Morgan fingerprint density at radius 2 is 1.95 bits per heavy atom. The van der Waals surface area contributed by atoms with Crippen LogP contribution in [-0.4, -0.2) is 85.0 Å². The number of amides is 2. The molecule has 4 heterocycles. The third-order valence-corrected chi connectivity index (χ3v) is 9.51. The predicted molar refractivity (Wildman–Crippen MR) is 150 cm³/mol. The van der Waals surface area contributed by atoms with Crippen molar-refractivity contribution in [1.82, 2.24) is 34.6 Å². The van der Waals surface area contributed by atoms with E-state index in [1.807, 2.05) is 34.3 Å². The summed E-state index contributed by atoms with van der Waals surface area (Å²) >= 11 is 1.40. The third kappa shape index (κ3) is 4.70. The number of piperidine rings is 1. The maximum Gasteiger partial charge on any atom is 0.320 e. The van der Waals surface area contributed by atoms with Crippen molar-refractivity contribution in [2.24, 2.45) is 5.41 Å². The fourth-order valence-electron chi connectivity index (χ4n) is 6.78. The van der Waals surface area contributed by atoms with E-state index in [1.54, 1.807) is 0 Å². The lowest BCUT2D eigenvalue weighted by atomic mass is 9.66. The van der Waals surface area contributed by atoms with Crippen LogP contribution in [0, 0.1) is 5.41 Å². The van der Waals surface area contributed by atoms with E-state index in [2.05, 4.69) is 32.4 Å². The summed E-state index contributed by atoms with van der Waals surface area (Å²) in [5.74, 6) is 0. The highest BCUT2D eigenvalue weighted by Gasteiger charge is 2.56. The van der Waals surface area contributed by atoms with Crippen LogP contribution in [0.3, 0.4) is 0 Å². The number of urea groups is 1. The van der Waals surface area contributed by atoms with Crippen molar-refractivity contribution in [3.05, 3.63) is 58.8 Å². The summed E-state index contributed by atoms with van der Waals surface area (Å²) in [5, 5.41) is 16.6. The Labute approximate surface area is 231 Å². The van der Waals surface area contributed by atoms with Crippen molar-refractivity contribution in [1.29, 1.82) is 0 Å². The van der Waals surface area contributed by atoms with Gasteiger partial charge < -0.3 is 20.2 Å². The summed E-state index contributed by atoms with van der Waals surface area (Å²) in [6, 6.07) is 10.2. The van der Waals surface area contributed by atoms with E-state index in [1.165, 1.54) is 28.9 Å². The van der Waals surface area contributed by atoms with Gasteiger partial charge in [-0.3, -0.25) is 9.36 Å². The second kappa shape index (κ2) is 10.5. The number of fused-ring (bicyclic) bond motifs is 1. The molecule has 2 amide bonds. The molecule has 11 heteroatoms. The average molecular weight is 550 g/mol. The highest BCUT2D eigenvalue weighted by molar-refractivity contribution is 7.98. The van der Waals surface area contributed by atoms with Crippen LogP contribution in [-0.2, 0) is 6.54 Å². The number of piperazine rings is 1. The van der Waals surface area contributed by atoms with E-state index in [0.717, 1.165) is 44.3 Å². The number of rotatable bonds is 4. The first-order valence-corrected chi connectivity index (χ1v) is 15.0. The molecule has 2 saturated heterocycles. The molecular formula is C28H35N7O3S. The van der Waals surface area contributed by atoms with Crippen LogP contribution in [0.15, 0.2) is 52.8 Å². The minimum atomic E-state index is -1.12. The molecule has 1 saturated carbocycles. The number of carbonyl (C=O) groups is 1. The Balaban J connectivity index is 1.26. The fraction of sp³-hybridized carbons (Fsp3) is 0.536. The predicted octanol–water partition coefficient (Wildman–Crippen LogP) is 2.67. The van der Waals surface area contributed by atoms with Crippen LogP contribution >= 0.6 is 11.8 Å². The minimum absolute atomic E-state index is 0.0242. The molecular weight excluding hydrogens is 514 g/mol. The number of aromatic nitrogens is 4. The van der Waals surface area contributed by atoms with Gasteiger partial charge in [-0.05, 0) is 31.1 Å². The van der Waals surface area contributed by atoms with Crippen molar-refractivity contribution in [3.63, 3.8) is 0 Å². The average Bonchev–Trinajstić information content (AvgIpc) is 3.46. The van der Waals surface area contributed by atoms with Gasteiger partial charge in [0.05, 0.1) is 18.2 Å². The van der Waals surface area contributed by atoms with Gasteiger partial charge in [-0.25, -0.2) is 19.7 Å². The monoisotopic (exact) mass is 549 g/mol. The van der Waals surface area contributed by atoms with E-state index >= 15 is 0 Å². The van der Waals surface area contributed by atoms with Crippen molar-refractivity contribution in [2.45, 2.75) is 55.4 Å². The summed E-state index contributed by atoms with van der Waals surface area (Å²) in [4.78, 5) is 44.2. The Kier molecular flexibility index (Phi) is 7.07. The number of benzene rings is 1. The van der Waals surface area contributed by atoms with Gasteiger partial charge in [-0.1, -0.05) is 54.9 Å². The molecule has 3 fully saturated rings. The molecule has 10 nitrogen and oxygen atoms in total. The fourth-order valence-corrected chi connectivity index (χ4v) is 7.12. The third-order valence-electron chi connectivity index (χ3n) is 8.95. The van der Waals surface area contributed by atoms with Crippen LogP contribution in [0.1, 0.15) is 43.7 Å². The number of likely N-dealkylation sites (tertiary alicyclic amines) is 1. The van der Waals surface area contributed by atoms with Gasteiger partial charge in [-0.15, -0.1) is 0 Å². The molecule has 6 rings (SSSR count). The molecule has 2 N–H and O–H groups in total. The van der Waals surface area contributed by atoms with Crippen LogP contribution in [0.25, 0.3) is 11.0 Å². The second-order valence-corrected chi connectivity index (χ2v) is 11.8. The SMILES string of the molecule is CSc1ncc2c(=O)n(C[C@]3(O)CCN(C(=O)N4CCNC[C@H]4c4ccccc4)CC34CCCC4)cnc2n1. The van der Waals surface area contributed by atoms with Crippen molar-refractivity contribution in [3.8, 4) is 0 Å². The first-order chi connectivity index (χ1) is 18.9. The summed E-state index contributed by atoms with van der Waals surface area (Å²) in [7, 11) is 0. The van der Waals surface area contributed by atoms with Crippen LogP contribution < -0.4 is 10.9 Å². The molecule has 1 spiro atoms. The summed E-state index contributed by atoms with van der Waals surface area (Å²) in [6.07, 6.45) is 8.95. The Hall–Kier alpha value is -3.02. The molecule has 2 atom stereocenters. The lowest BCUT2D eigenvalue weighted by molar-refractivity contribution is -0.136. The molecule has 3 aliphatic rings. The maximum absolute atomic E-state index is 14.0. The van der Waals surface area contributed by atoms with Crippen LogP contribution in [0.2, 0.25) is 0 Å². The highest BCUT2D eigenvalue weighted by atomic mass is 32.2. The topological polar surface area (TPSA) is 116 Å². The molecule has 0 radical (unpaired) electrons. The molecule has 1 aromatic carbocycles. The Morgan fingerprint density at radius 3 is 2.72 bits per heavy atom. The Bertz CT molecular complexity index is 1410. The zero-order valence-electron chi connectivity index (χ0n) is 22.3. The maximum atomic E-state index is 14.0. The summed E-state index contributed by atoms with van der Waals surface area (Å²) < 4.78 is 1.50. The standard InChI is InChI=1S/C28H35N7O3S/c1-39-25-30-15-21-23(32-25)31-19-34(24(21)36)18-28(38)11-13-33(17-27(28)9-5-6-10-27)26(37)35-14-12-29-16-22(35)20-7-3-2-4-8-20/h2-4,7-8,15,19,22,29,38H,5-6,9-14,16-18H2,1H3/t22-,28+/m0/s1. The molecule has 0 bridgehead atoms. The van der Waals surface area contributed by atoms with E-state index < -0.39 is 11.0 Å².